The second kappa shape index (κ2) is 14.2. The number of nitrogens with zero attached hydrogens (tertiary/aromatic N) is 4. The number of likely N-dealkylation sites (tertiary alicyclic amines) is 1. The van der Waals surface area contributed by atoms with Crippen LogP contribution in [0.1, 0.15) is 57.1 Å². The van der Waals surface area contributed by atoms with Crippen molar-refractivity contribution in [2.24, 2.45) is 0 Å². The molecule has 6 rings (SSSR count). The third-order valence-electron chi connectivity index (χ3n) is 9.49. The number of rotatable bonds is 11. The van der Waals surface area contributed by atoms with Crippen molar-refractivity contribution in [1.29, 1.82) is 0 Å². The number of aryl methyl sites for hydroxylation is 1. The van der Waals surface area contributed by atoms with E-state index in [-0.39, 0.29) is 11.6 Å². The monoisotopic (exact) mass is 679 g/mol. The van der Waals surface area contributed by atoms with Crippen LogP contribution in [0.25, 0.3) is 22.0 Å². The third kappa shape index (κ3) is 7.07. The molecule has 0 bridgehead atoms. The molecule has 4 N–H and O–H groups in total. The first-order valence-electron chi connectivity index (χ1n) is 16.4. The van der Waals surface area contributed by atoms with Crippen LogP contribution in [-0.4, -0.2) is 69.1 Å². The first-order valence-corrected chi connectivity index (χ1v) is 18.3. The molecular formula is C35H45FN6O3PS+. The van der Waals surface area contributed by atoms with E-state index < -0.39 is 10.7 Å². The number of aromatic nitrogens is 2. The highest BCUT2D eigenvalue weighted by Crippen LogP contribution is 2.47. The predicted octanol–water partition coefficient (Wildman–Crippen LogP) is 7.13. The Morgan fingerprint density at radius 3 is 2.66 bits per heavy atom. The molecule has 250 valence electrons. The van der Waals surface area contributed by atoms with E-state index in [1.165, 1.54) is 12.1 Å². The maximum Gasteiger partial charge on any atom is 0.269 e. The Bertz CT molecular complexity index is 1750. The molecule has 0 radical (unpaired) electrons. The molecule has 3 heterocycles. The Kier molecular flexibility index (Phi) is 10.2. The van der Waals surface area contributed by atoms with Gasteiger partial charge in [-0.3, -0.25) is 0 Å². The van der Waals surface area contributed by atoms with E-state index in [1.54, 1.807) is 24.0 Å². The normalized spacial score (nSPS) is 17.8. The molecule has 0 aliphatic carbocycles. The summed E-state index contributed by atoms with van der Waals surface area (Å²) in [6.07, 6.45) is 7.63. The molecule has 4 aromatic rings. The van der Waals surface area contributed by atoms with Crippen molar-refractivity contribution < 1.29 is 19.5 Å². The van der Waals surface area contributed by atoms with Gasteiger partial charge in [-0.25, -0.2) is 14.4 Å². The topological polar surface area (TPSA) is 103 Å². The summed E-state index contributed by atoms with van der Waals surface area (Å²) in [4.78, 5) is 10.1. The number of benzene rings is 3. The summed E-state index contributed by atoms with van der Waals surface area (Å²) in [5.74, 6) is 0.760. The van der Waals surface area contributed by atoms with Gasteiger partial charge in [0.15, 0.2) is 5.75 Å². The fourth-order valence-corrected chi connectivity index (χ4v) is 7.67. The molecule has 47 heavy (non-hydrogen) atoms. The summed E-state index contributed by atoms with van der Waals surface area (Å²) in [5.41, 5.74) is 7.04. The standard InChI is InChI=1S/C35H45FN6O3PS/c1-5-7-22-16-26-27(21(3)47-4)20-45-33(26)31(17-22)42(43,44)40-30-11-9-28(36)32(34(30)46)23-8-10-29-24(18-23)19-37-35(39-29)38-25-12-14-41(6-2)15-13-25/h8-11,16-19,21,25,27,40,43-44H,5-7,12-15,20,46H2,1-4H3,(H,37,38,39)/q+1. The number of hydrogen-bond donors (Lipinski definition) is 4. The van der Waals surface area contributed by atoms with Crippen LogP contribution in [0.2, 0.25) is 0 Å². The summed E-state index contributed by atoms with van der Waals surface area (Å²) >= 11 is 1.76. The molecule has 1 aromatic heterocycles. The van der Waals surface area contributed by atoms with Crippen LogP contribution >= 0.6 is 21.0 Å². The lowest BCUT2D eigenvalue weighted by Crippen LogP contribution is -2.49. The van der Waals surface area contributed by atoms with Gasteiger partial charge in [0, 0.05) is 64.4 Å². The van der Waals surface area contributed by atoms with Gasteiger partial charge in [0.25, 0.3) is 5.69 Å². The summed E-state index contributed by atoms with van der Waals surface area (Å²) in [6, 6.07) is 12.6. The third-order valence-corrected chi connectivity index (χ3v) is 11.2. The van der Waals surface area contributed by atoms with Crippen LogP contribution in [0.5, 0.6) is 5.75 Å². The second-order valence-corrected chi connectivity index (χ2v) is 14.4. The van der Waals surface area contributed by atoms with Gasteiger partial charge in [-0.2, -0.15) is 17.2 Å². The van der Waals surface area contributed by atoms with E-state index in [9.17, 15) is 10.4 Å². The molecule has 0 saturated carbocycles. The minimum absolute atomic E-state index is 0.132. The lowest BCUT2D eigenvalue weighted by molar-refractivity contribution is -0.272. The smallest absolute Gasteiger partial charge is 0.269 e. The Balaban J connectivity index is 1.28. The molecule has 1 saturated heterocycles. The van der Waals surface area contributed by atoms with Crippen molar-refractivity contribution in [3.8, 4) is 16.9 Å². The highest BCUT2D eigenvalue weighted by atomic mass is 32.2. The van der Waals surface area contributed by atoms with Gasteiger partial charge in [0.05, 0.1) is 17.0 Å². The van der Waals surface area contributed by atoms with Gasteiger partial charge in [-0.05, 0) is 67.5 Å². The number of anilines is 2. The van der Waals surface area contributed by atoms with Crippen LogP contribution in [-0.2, 0) is 6.42 Å². The quantitative estimate of drug-likeness (QED) is 0.0750. The highest BCUT2D eigenvalue weighted by molar-refractivity contribution is 7.99. The Labute approximate surface area is 282 Å². The van der Waals surface area contributed by atoms with Crippen LogP contribution in [0.3, 0.4) is 0 Å². The Hall–Kier alpha value is -3.05. The van der Waals surface area contributed by atoms with Gasteiger partial charge in [0.2, 0.25) is 5.95 Å². The number of thioether (sulfide) groups is 1. The molecule has 0 amide bonds. The van der Waals surface area contributed by atoms with Crippen LogP contribution in [0, 0.1) is 5.82 Å². The molecule has 9 nitrogen and oxygen atoms in total. The molecule has 3 unspecified atom stereocenters. The molecule has 0 spiro atoms. The van der Waals surface area contributed by atoms with Gasteiger partial charge in [-0.15, -0.1) is 19.7 Å². The van der Waals surface area contributed by atoms with E-state index in [4.69, 9.17) is 9.72 Å². The molecule has 12 heteroatoms. The van der Waals surface area contributed by atoms with Gasteiger partial charge in [0.1, 0.15) is 11.5 Å². The highest BCUT2D eigenvalue weighted by Gasteiger charge is 2.41. The van der Waals surface area contributed by atoms with E-state index in [0.717, 1.165) is 67.3 Å². The minimum atomic E-state index is -1.65. The van der Waals surface area contributed by atoms with Gasteiger partial charge >= 0.3 is 0 Å². The molecule has 1 fully saturated rings. The van der Waals surface area contributed by atoms with E-state index in [2.05, 4.69) is 63.0 Å². The number of fused-ring (bicyclic) bond motifs is 2. The van der Waals surface area contributed by atoms with Crippen molar-refractivity contribution in [3.05, 3.63) is 65.6 Å². The second-order valence-electron chi connectivity index (χ2n) is 12.6. The summed E-state index contributed by atoms with van der Waals surface area (Å²) in [7, 11) is 2.56. The Morgan fingerprint density at radius 1 is 1.15 bits per heavy atom. The summed E-state index contributed by atoms with van der Waals surface area (Å²) in [6.45, 7) is 10.1. The van der Waals surface area contributed by atoms with Gasteiger partial charge < -0.3 is 15.0 Å². The molecule has 3 aromatic carbocycles. The SMILES string of the molecule is CCCc1cc2c(c([N+](O)(O)Nc3ccc(F)c(-c4ccc5nc(NC6CCN(CC)CC6)ncc5c4)c3P)c1)OCC2C(C)SC. The number of piperidine rings is 1. The summed E-state index contributed by atoms with van der Waals surface area (Å²) in [5, 5.41) is 28.0. The zero-order valence-electron chi connectivity index (χ0n) is 27.5. The van der Waals surface area contributed by atoms with Crippen LogP contribution in [0.15, 0.2) is 48.7 Å². The average molecular weight is 680 g/mol. The van der Waals surface area contributed by atoms with Crippen molar-refractivity contribution in [3.63, 3.8) is 0 Å². The van der Waals surface area contributed by atoms with E-state index in [1.807, 2.05) is 18.2 Å². The molecular weight excluding hydrogens is 634 g/mol. The molecule has 2 aliphatic rings. The molecule has 3 atom stereocenters. The van der Waals surface area contributed by atoms with E-state index in [0.29, 0.717) is 51.7 Å². The number of ether oxygens (including phenoxy) is 1. The van der Waals surface area contributed by atoms with Gasteiger partial charge in [-0.1, -0.05) is 39.3 Å². The fraction of sp³-hybridized carbons (Fsp3) is 0.429. The minimum Gasteiger partial charge on any atom is -0.486 e. The first-order chi connectivity index (χ1) is 22.6. The number of nitrogens with one attached hydrogen (secondary N) is 2. The number of quaternary nitrogens is 1. The zero-order valence-corrected chi connectivity index (χ0v) is 29.4. The van der Waals surface area contributed by atoms with Crippen molar-refractivity contribution in [2.45, 2.75) is 63.7 Å². The maximum absolute atomic E-state index is 15.5. The Morgan fingerprint density at radius 2 is 1.94 bits per heavy atom. The maximum atomic E-state index is 15.5. The lowest BCUT2D eigenvalue weighted by Gasteiger charge is -2.31. The summed E-state index contributed by atoms with van der Waals surface area (Å²) < 4.78 is 21.6. The van der Waals surface area contributed by atoms with Crippen molar-refractivity contribution in [2.75, 3.05) is 43.2 Å². The number of hydrogen-bond acceptors (Lipinski definition) is 9. The molecule has 2 aliphatic heterocycles. The fourth-order valence-electron chi connectivity index (χ4n) is 6.66. The first kappa shape index (κ1) is 33.8. The average Bonchev–Trinajstić information content (AvgIpc) is 3.50. The van der Waals surface area contributed by atoms with Crippen LogP contribution < -0.4 is 25.7 Å². The van der Waals surface area contributed by atoms with Crippen molar-refractivity contribution >= 4 is 54.5 Å². The number of halogens is 1. The van der Waals surface area contributed by atoms with Crippen molar-refractivity contribution in [1.82, 2.24) is 19.8 Å². The lowest BCUT2D eigenvalue weighted by atomic mass is 9.94. The zero-order chi connectivity index (χ0) is 33.3. The van der Waals surface area contributed by atoms with Crippen LogP contribution in [0.4, 0.5) is 21.7 Å². The largest absolute Gasteiger partial charge is 0.486 e. The predicted molar refractivity (Wildman–Crippen MR) is 194 cm³/mol. The van der Waals surface area contributed by atoms with E-state index >= 15 is 4.39 Å².